The Morgan fingerprint density at radius 1 is 1.27 bits per heavy atom. The SMILES string of the molecule is CC1=CC=C([O-])C2C1C21CC1(C)C.[Cl-].[Mg+2]. The van der Waals surface area contributed by atoms with Crippen molar-refractivity contribution in [2.45, 2.75) is 27.2 Å². The van der Waals surface area contributed by atoms with Crippen LogP contribution in [-0.2, 0) is 0 Å². The third-order valence-electron chi connectivity index (χ3n) is 4.51. The second-order valence-electron chi connectivity index (χ2n) is 5.54. The standard InChI is InChI=1S/C12H16O.ClH.Mg/c1-7-4-5-8(13)10-9(7)12(10)6-11(12,2)3;;/h4-5,9-10,13H,6H2,1-3H3;1H;/q;;+2/p-2. The van der Waals surface area contributed by atoms with Crippen LogP contribution in [0.5, 0.6) is 0 Å². The summed E-state index contributed by atoms with van der Waals surface area (Å²) in [6, 6.07) is 0. The van der Waals surface area contributed by atoms with Gasteiger partial charge in [-0.25, -0.2) is 0 Å². The number of rotatable bonds is 0. The first-order valence-corrected chi connectivity index (χ1v) is 5.06. The van der Waals surface area contributed by atoms with Gasteiger partial charge >= 0.3 is 23.1 Å². The normalized spacial score (nSPS) is 42.9. The van der Waals surface area contributed by atoms with Crippen molar-refractivity contribution in [2.24, 2.45) is 22.7 Å². The van der Waals surface area contributed by atoms with Crippen LogP contribution in [0.2, 0.25) is 0 Å². The number of halogens is 1. The van der Waals surface area contributed by atoms with Crippen LogP contribution in [0.4, 0.5) is 0 Å². The van der Waals surface area contributed by atoms with E-state index in [0.717, 1.165) is 0 Å². The summed E-state index contributed by atoms with van der Waals surface area (Å²) in [5, 5.41) is 11.6. The van der Waals surface area contributed by atoms with Crippen molar-refractivity contribution >= 4 is 23.1 Å². The van der Waals surface area contributed by atoms with Crippen LogP contribution in [0, 0.1) is 22.7 Å². The summed E-state index contributed by atoms with van der Waals surface area (Å²) in [5.74, 6) is 1.33. The van der Waals surface area contributed by atoms with Crippen molar-refractivity contribution in [2.75, 3.05) is 0 Å². The van der Waals surface area contributed by atoms with Gasteiger partial charge in [-0.05, 0) is 36.0 Å². The summed E-state index contributed by atoms with van der Waals surface area (Å²) in [6.07, 6.45) is 5.05. The molecule has 0 aliphatic heterocycles. The minimum atomic E-state index is 0. The van der Waals surface area contributed by atoms with Gasteiger partial charge < -0.3 is 17.5 Å². The van der Waals surface area contributed by atoms with E-state index >= 15 is 0 Å². The van der Waals surface area contributed by atoms with Crippen LogP contribution in [0.15, 0.2) is 23.5 Å². The number of allylic oxidation sites excluding steroid dienone is 4. The Bertz CT molecular complexity index is 333. The van der Waals surface area contributed by atoms with Crippen molar-refractivity contribution in [3.05, 3.63) is 23.5 Å². The van der Waals surface area contributed by atoms with E-state index < -0.39 is 0 Å². The molecule has 3 aliphatic carbocycles. The molecule has 0 aromatic heterocycles. The minimum absolute atomic E-state index is 0. The van der Waals surface area contributed by atoms with E-state index in [1.165, 1.54) is 12.0 Å². The van der Waals surface area contributed by atoms with Crippen LogP contribution >= 0.6 is 0 Å². The monoisotopic (exact) mass is 234 g/mol. The fraction of sp³-hybridized carbons (Fsp3) is 0.667. The second kappa shape index (κ2) is 3.41. The van der Waals surface area contributed by atoms with E-state index in [2.05, 4.69) is 20.8 Å². The van der Waals surface area contributed by atoms with Gasteiger partial charge in [0.1, 0.15) is 0 Å². The quantitative estimate of drug-likeness (QED) is 0.467. The molecule has 2 saturated carbocycles. The molecule has 0 radical (unpaired) electrons. The van der Waals surface area contributed by atoms with Crippen molar-refractivity contribution < 1.29 is 17.5 Å². The van der Waals surface area contributed by atoms with Crippen LogP contribution in [0.3, 0.4) is 0 Å². The molecule has 0 aromatic carbocycles. The predicted octanol–water partition coefficient (Wildman–Crippen LogP) is -1.52. The van der Waals surface area contributed by atoms with E-state index in [0.29, 0.717) is 28.4 Å². The van der Waals surface area contributed by atoms with Gasteiger partial charge in [0.05, 0.1) is 0 Å². The summed E-state index contributed by atoms with van der Waals surface area (Å²) < 4.78 is 0. The molecular weight excluding hydrogens is 220 g/mol. The van der Waals surface area contributed by atoms with Crippen LogP contribution in [0.1, 0.15) is 27.2 Å². The average Bonchev–Trinajstić information content (AvgIpc) is 2.82. The molecule has 1 nitrogen and oxygen atoms in total. The molecule has 0 heterocycles. The predicted molar refractivity (Wildman–Crippen MR) is 55.4 cm³/mol. The van der Waals surface area contributed by atoms with Crippen LogP contribution in [0.25, 0.3) is 0 Å². The summed E-state index contributed by atoms with van der Waals surface area (Å²) in [7, 11) is 0. The van der Waals surface area contributed by atoms with Gasteiger partial charge in [0.25, 0.3) is 0 Å². The number of hydrogen-bond acceptors (Lipinski definition) is 1. The molecule has 78 valence electrons. The Kier molecular flexibility index (Phi) is 3.05. The Morgan fingerprint density at radius 3 is 2.20 bits per heavy atom. The van der Waals surface area contributed by atoms with Crippen molar-refractivity contribution in [1.29, 1.82) is 0 Å². The molecule has 3 heteroatoms. The summed E-state index contributed by atoms with van der Waals surface area (Å²) in [5.41, 5.74) is 2.23. The Morgan fingerprint density at radius 2 is 1.80 bits per heavy atom. The smallest absolute Gasteiger partial charge is 1.00 e. The number of hydrogen-bond donors (Lipinski definition) is 0. The fourth-order valence-electron chi connectivity index (χ4n) is 3.70. The summed E-state index contributed by atoms with van der Waals surface area (Å²) in [6.45, 7) is 6.77. The van der Waals surface area contributed by atoms with E-state index in [1.807, 2.05) is 6.08 Å². The molecule has 3 atom stereocenters. The van der Waals surface area contributed by atoms with Gasteiger partial charge in [0.2, 0.25) is 0 Å². The van der Waals surface area contributed by atoms with E-state index in [1.54, 1.807) is 6.08 Å². The van der Waals surface area contributed by atoms with Crippen molar-refractivity contribution in [1.82, 2.24) is 0 Å². The number of fused-ring (bicyclic) bond motifs is 3. The molecule has 15 heavy (non-hydrogen) atoms. The maximum Gasteiger partial charge on any atom is 2.00 e. The molecule has 0 amide bonds. The molecular formula is C12H15ClMgO. The second-order valence-corrected chi connectivity index (χ2v) is 5.54. The topological polar surface area (TPSA) is 23.1 Å². The molecule has 0 bridgehead atoms. The molecule has 3 unspecified atom stereocenters. The largest absolute Gasteiger partial charge is 2.00 e. The van der Waals surface area contributed by atoms with E-state index in [9.17, 15) is 5.11 Å². The minimum Gasteiger partial charge on any atom is -1.00 e. The van der Waals surface area contributed by atoms with Crippen molar-refractivity contribution in [3.63, 3.8) is 0 Å². The molecule has 0 N–H and O–H groups in total. The van der Waals surface area contributed by atoms with Gasteiger partial charge in [-0.3, -0.25) is 0 Å². The molecule has 0 aromatic rings. The van der Waals surface area contributed by atoms with E-state index in [-0.39, 0.29) is 35.5 Å². The summed E-state index contributed by atoms with van der Waals surface area (Å²) in [4.78, 5) is 0. The molecule has 3 aliphatic rings. The van der Waals surface area contributed by atoms with Gasteiger partial charge in [-0.15, -0.1) is 5.76 Å². The summed E-state index contributed by atoms with van der Waals surface area (Å²) >= 11 is 0. The maximum absolute atomic E-state index is 11.6. The fourth-order valence-corrected chi connectivity index (χ4v) is 3.70. The van der Waals surface area contributed by atoms with Gasteiger partial charge in [0, 0.05) is 0 Å². The van der Waals surface area contributed by atoms with Gasteiger partial charge in [0.15, 0.2) is 0 Å². The zero-order chi connectivity index (χ0) is 9.43. The first-order valence-electron chi connectivity index (χ1n) is 5.06. The molecule has 0 saturated heterocycles. The molecule has 1 spiro atoms. The third-order valence-corrected chi connectivity index (χ3v) is 4.51. The Labute approximate surface area is 114 Å². The average molecular weight is 235 g/mol. The van der Waals surface area contributed by atoms with Crippen LogP contribution < -0.4 is 17.5 Å². The first kappa shape index (κ1) is 13.4. The Hall–Kier alpha value is 0.336. The van der Waals surface area contributed by atoms with Gasteiger partial charge in [-0.1, -0.05) is 31.6 Å². The molecule has 3 rings (SSSR count). The van der Waals surface area contributed by atoms with Gasteiger partial charge in [-0.2, -0.15) is 0 Å². The van der Waals surface area contributed by atoms with Crippen molar-refractivity contribution in [3.8, 4) is 0 Å². The third kappa shape index (κ3) is 1.34. The zero-order valence-corrected chi connectivity index (χ0v) is 11.7. The first-order chi connectivity index (χ1) is 6.01. The van der Waals surface area contributed by atoms with Crippen LogP contribution in [-0.4, -0.2) is 23.1 Å². The molecule has 2 fully saturated rings. The Balaban J connectivity index is 0.000000562. The maximum atomic E-state index is 11.6. The van der Waals surface area contributed by atoms with E-state index in [4.69, 9.17) is 0 Å². The zero-order valence-electron chi connectivity index (χ0n) is 9.51.